The Kier molecular flexibility index (Phi) is 4.57. The van der Waals surface area contributed by atoms with Crippen molar-refractivity contribution in [3.63, 3.8) is 0 Å². The molecule has 0 spiro atoms. The lowest BCUT2D eigenvalue weighted by Gasteiger charge is -2.17. The summed E-state index contributed by atoms with van der Waals surface area (Å²) < 4.78 is 0. The average Bonchev–Trinajstić information content (AvgIpc) is 2.66. The van der Waals surface area contributed by atoms with E-state index in [-0.39, 0.29) is 5.91 Å². The summed E-state index contributed by atoms with van der Waals surface area (Å²) in [4.78, 5) is 14.0. The van der Waals surface area contributed by atoms with Crippen LogP contribution in [0.5, 0.6) is 0 Å². The van der Waals surface area contributed by atoms with Crippen LogP contribution in [0.3, 0.4) is 0 Å². The summed E-state index contributed by atoms with van der Waals surface area (Å²) in [6, 6.07) is 8.22. The number of nitrogens with zero attached hydrogens (tertiary/aromatic N) is 1. The highest BCUT2D eigenvalue weighted by atomic mass is 16.2. The van der Waals surface area contributed by atoms with E-state index in [2.05, 4.69) is 19.1 Å². The monoisotopic (exact) mass is 243 g/mol. The van der Waals surface area contributed by atoms with Crippen molar-refractivity contribution in [1.29, 1.82) is 0 Å². The summed E-state index contributed by atoms with van der Waals surface area (Å²) >= 11 is 0. The van der Waals surface area contributed by atoms with Gasteiger partial charge in [-0.3, -0.25) is 4.79 Å². The highest BCUT2D eigenvalue weighted by Gasteiger charge is 2.12. The van der Waals surface area contributed by atoms with E-state index in [9.17, 15) is 4.79 Å². The van der Waals surface area contributed by atoms with Gasteiger partial charge in [-0.2, -0.15) is 0 Å². The quantitative estimate of drug-likeness (QED) is 0.729. The number of hydrogen-bond acceptors (Lipinski definition) is 1. The number of carbonyl (C=O) groups is 1. The maximum absolute atomic E-state index is 12.0. The van der Waals surface area contributed by atoms with Gasteiger partial charge in [-0.05, 0) is 31.4 Å². The summed E-state index contributed by atoms with van der Waals surface area (Å²) in [5, 5.41) is 0. The van der Waals surface area contributed by atoms with E-state index in [1.165, 1.54) is 18.4 Å². The van der Waals surface area contributed by atoms with Crippen molar-refractivity contribution < 1.29 is 4.79 Å². The zero-order valence-electron chi connectivity index (χ0n) is 11.1. The molecule has 2 heteroatoms. The molecule has 0 N–H and O–H groups in total. The Labute approximate surface area is 109 Å². The van der Waals surface area contributed by atoms with Crippen LogP contribution in [0.15, 0.2) is 30.3 Å². The minimum Gasteiger partial charge on any atom is -0.339 e. The van der Waals surface area contributed by atoms with E-state index >= 15 is 0 Å². The van der Waals surface area contributed by atoms with E-state index in [4.69, 9.17) is 0 Å². The lowest BCUT2D eigenvalue weighted by Crippen LogP contribution is -2.30. The molecule has 18 heavy (non-hydrogen) atoms. The van der Waals surface area contributed by atoms with Crippen LogP contribution in [0.4, 0.5) is 0 Å². The van der Waals surface area contributed by atoms with Crippen LogP contribution in [0, 0.1) is 6.92 Å². The Bertz CT molecular complexity index is 411. The first-order valence-corrected chi connectivity index (χ1v) is 6.79. The lowest BCUT2D eigenvalue weighted by molar-refractivity contribution is -0.125. The first-order chi connectivity index (χ1) is 8.75. The summed E-state index contributed by atoms with van der Waals surface area (Å²) in [5.41, 5.74) is 2.33. The van der Waals surface area contributed by atoms with Gasteiger partial charge in [-0.25, -0.2) is 0 Å². The van der Waals surface area contributed by atoms with Crippen molar-refractivity contribution in [3.05, 3.63) is 41.5 Å². The molecule has 1 saturated heterocycles. The van der Waals surface area contributed by atoms with Crippen LogP contribution < -0.4 is 0 Å². The topological polar surface area (TPSA) is 20.3 Å². The molecule has 1 aliphatic heterocycles. The fourth-order valence-corrected chi connectivity index (χ4v) is 2.24. The van der Waals surface area contributed by atoms with E-state index in [1.807, 2.05) is 23.1 Å². The number of amides is 1. The first kappa shape index (κ1) is 12.9. The molecule has 1 aromatic rings. The van der Waals surface area contributed by atoms with Crippen molar-refractivity contribution in [2.75, 3.05) is 13.1 Å². The van der Waals surface area contributed by atoms with Gasteiger partial charge < -0.3 is 4.90 Å². The second-order valence-electron chi connectivity index (χ2n) is 4.98. The third-order valence-corrected chi connectivity index (χ3v) is 3.41. The third-order valence-electron chi connectivity index (χ3n) is 3.41. The van der Waals surface area contributed by atoms with Gasteiger partial charge >= 0.3 is 0 Å². The molecule has 1 aliphatic rings. The molecular formula is C16H21NO. The van der Waals surface area contributed by atoms with Crippen molar-refractivity contribution >= 4 is 12.0 Å². The zero-order valence-corrected chi connectivity index (χ0v) is 11.1. The molecular weight excluding hydrogens is 222 g/mol. The van der Waals surface area contributed by atoms with E-state index < -0.39 is 0 Å². The van der Waals surface area contributed by atoms with Gasteiger partial charge in [0.15, 0.2) is 0 Å². The Balaban J connectivity index is 1.95. The standard InChI is InChI=1S/C16H21NO/c1-14-6-8-15(9-7-14)10-11-16(18)17-12-4-2-3-5-13-17/h6-11H,2-5,12-13H2,1H3. The van der Waals surface area contributed by atoms with Gasteiger partial charge in [0.25, 0.3) is 0 Å². The van der Waals surface area contributed by atoms with Crippen molar-refractivity contribution in [2.45, 2.75) is 32.6 Å². The molecule has 0 aromatic heterocycles. The Morgan fingerprint density at radius 3 is 2.28 bits per heavy atom. The number of aryl methyl sites for hydroxylation is 1. The predicted molar refractivity (Wildman–Crippen MR) is 75.3 cm³/mol. The fourth-order valence-electron chi connectivity index (χ4n) is 2.24. The predicted octanol–water partition coefficient (Wildman–Crippen LogP) is 3.41. The number of likely N-dealkylation sites (tertiary alicyclic amines) is 1. The van der Waals surface area contributed by atoms with Crippen LogP contribution in [0.25, 0.3) is 6.08 Å². The molecule has 96 valence electrons. The molecule has 1 fully saturated rings. The van der Waals surface area contributed by atoms with E-state index in [0.717, 1.165) is 31.5 Å². The summed E-state index contributed by atoms with van der Waals surface area (Å²) in [6.07, 6.45) is 8.41. The minimum absolute atomic E-state index is 0.150. The average molecular weight is 243 g/mol. The van der Waals surface area contributed by atoms with Crippen molar-refractivity contribution in [1.82, 2.24) is 4.90 Å². The number of hydrogen-bond donors (Lipinski definition) is 0. The zero-order chi connectivity index (χ0) is 12.8. The normalized spacial score (nSPS) is 16.8. The van der Waals surface area contributed by atoms with Gasteiger partial charge in [-0.1, -0.05) is 42.7 Å². The van der Waals surface area contributed by atoms with Gasteiger partial charge in [-0.15, -0.1) is 0 Å². The summed E-state index contributed by atoms with van der Waals surface area (Å²) in [5.74, 6) is 0.150. The van der Waals surface area contributed by atoms with Crippen molar-refractivity contribution in [2.24, 2.45) is 0 Å². The van der Waals surface area contributed by atoms with Gasteiger partial charge in [0, 0.05) is 19.2 Å². The molecule has 0 atom stereocenters. The maximum atomic E-state index is 12.0. The lowest BCUT2D eigenvalue weighted by atomic mass is 10.1. The molecule has 0 saturated carbocycles. The van der Waals surface area contributed by atoms with Gasteiger partial charge in [0.2, 0.25) is 5.91 Å². The minimum atomic E-state index is 0.150. The van der Waals surface area contributed by atoms with Gasteiger partial charge in [0.1, 0.15) is 0 Å². The fraction of sp³-hybridized carbons (Fsp3) is 0.438. The largest absolute Gasteiger partial charge is 0.339 e. The highest BCUT2D eigenvalue weighted by Crippen LogP contribution is 2.11. The molecule has 1 heterocycles. The molecule has 1 aromatic carbocycles. The highest BCUT2D eigenvalue weighted by molar-refractivity contribution is 5.91. The second-order valence-corrected chi connectivity index (χ2v) is 4.98. The smallest absolute Gasteiger partial charge is 0.246 e. The Morgan fingerprint density at radius 1 is 1.06 bits per heavy atom. The molecule has 2 rings (SSSR count). The van der Waals surface area contributed by atoms with Crippen LogP contribution in [-0.4, -0.2) is 23.9 Å². The Morgan fingerprint density at radius 2 is 1.67 bits per heavy atom. The van der Waals surface area contributed by atoms with Crippen LogP contribution in [0.2, 0.25) is 0 Å². The Hall–Kier alpha value is -1.57. The molecule has 2 nitrogen and oxygen atoms in total. The molecule has 0 unspecified atom stereocenters. The van der Waals surface area contributed by atoms with E-state index in [0.29, 0.717) is 0 Å². The molecule has 0 radical (unpaired) electrons. The van der Waals surface area contributed by atoms with Crippen LogP contribution in [0.1, 0.15) is 36.8 Å². The first-order valence-electron chi connectivity index (χ1n) is 6.79. The van der Waals surface area contributed by atoms with Crippen molar-refractivity contribution in [3.8, 4) is 0 Å². The number of benzene rings is 1. The SMILES string of the molecule is Cc1ccc(C=CC(=O)N2CCCCCC2)cc1. The number of carbonyl (C=O) groups excluding carboxylic acids is 1. The molecule has 0 aliphatic carbocycles. The molecule has 0 bridgehead atoms. The van der Waals surface area contributed by atoms with Gasteiger partial charge in [0.05, 0.1) is 0 Å². The van der Waals surface area contributed by atoms with Crippen LogP contribution >= 0.6 is 0 Å². The second kappa shape index (κ2) is 6.39. The van der Waals surface area contributed by atoms with Crippen LogP contribution in [-0.2, 0) is 4.79 Å². The maximum Gasteiger partial charge on any atom is 0.246 e. The third kappa shape index (κ3) is 3.73. The molecule has 1 amide bonds. The summed E-state index contributed by atoms with van der Waals surface area (Å²) in [6.45, 7) is 3.89. The van der Waals surface area contributed by atoms with E-state index in [1.54, 1.807) is 6.08 Å². The number of rotatable bonds is 2. The summed E-state index contributed by atoms with van der Waals surface area (Å²) in [7, 11) is 0.